The molecule has 12 nitrogen and oxygen atoms in total. The molecule has 1 heterocycles. The summed E-state index contributed by atoms with van der Waals surface area (Å²) in [7, 11) is 1.91. The molecule has 0 aromatic heterocycles. The van der Waals surface area contributed by atoms with Crippen LogP contribution >= 0.6 is 0 Å². The molecular weight excluding hydrogens is 699 g/mol. The van der Waals surface area contributed by atoms with Crippen LogP contribution in [0.2, 0.25) is 0 Å². The van der Waals surface area contributed by atoms with E-state index in [2.05, 4.69) is 50.6 Å². The van der Waals surface area contributed by atoms with Crippen molar-refractivity contribution in [2.75, 3.05) is 66.3 Å². The van der Waals surface area contributed by atoms with Crippen LogP contribution in [0.25, 0.3) is 0 Å². The third-order valence-electron chi connectivity index (χ3n) is 10.2. The number of nitrogens with zero attached hydrogens (tertiary/aromatic N) is 1. The van der Waals surface area contributed by atoms with Gasteiger partial charge in [0.15, 0.2) is 0 Å². The molecule has 1 aliphatic rings. The van der Waals surface area contributed by atoms with Crippen molar-refractivity contribution in [3.05, 3.63) is 0 Å². The first-order valence-electron chi connectivity index (χ1n) is 20.9. The molecule has 0 aromatic carbocycles. The Labute approximate surface area is 350 Å². The standard InChI is InChI=1S/C41H78N4O8.Na/c1-32(2)13-7-14-33(3)15-8-16-34(4)17-9-18-35(5)31-38(46)45-24-10-19-37(45)41(50)44-36(20-21-39(47)48)40(49)43-23-12-26-52-28-30-53-29-27-51-25-11-22-42-6;/h32-37,42H,7-31H2,1-6H3,(H,43,49)(H,44,50)(H,47,48);/q;+1/p-1. The van der Waals surface area contributed by atoms with Gasteiger partial charge in [0.1, 0.15) is 12.1 Å². The summed E-state index contributed by atoms with van der Waals surface area (Å²) in [5.74, 6) is 0.275. The molecule has 5 unspecified atom stereocenters. The smallest absolute Gasteiger partial charge is 0.550 e. The van der Waals surface area contributed by atoms with Crippen LogP contribution in [0.15, 0.2) is 0 Å². The van der Waals surface area contributed by atoms with Gasteiger partial charge in [0.05, 0.1) is 26.4 Å². The molecule has 0 radical (unpaired) electrons. The van der Waals surface area contributed by atoms with Crippen LogP contribution in [0.5, 0.6) is 0 Å². The second kappa shape index (κ2) is 33.8. The average Bonchev–Trinajstić information content (AvgIpc) is 3.60. The number of aliphatic carboxylic acids is 1. The number of likely N-dealkylation sites (tertiary alicyclic amines) is 1. The van der Waals surface area contributed by atoms with Gasteiger partial charge in [-0.05, 0) is 75.8 Å². The van der Waals surface area contributed by atoms with Gasteiger partial charge in [-0.3, -0.25) is 14.4 Å². The Morgan fingerprint density at radius 2 is 1.22 bits per heavy atom. The maximum Gasteiger partial charge on any atom is 1.00 e. The average molecular weight is 777 g/mol. The number of amides is 3. The van der Waals surface area contributed by atoms with Crippen molar-refractivity contribution in [3.63, 3.8) is 0 Å². The summed E-state index contributed by atoms with van der Waals surface area (Å²) < 4.78 is 16.5. The number of rotatable bonds is 34. The first-order chi connectivity index (χ1) is 25.4. The molecule has 13 heteroatoms. The van der Waals surface area contributed by atoms with Crippen LogP contribution in [0.1, 0.15) is 137 Å². The maximum atomic E-state index is 13.4. The van der Waals surface area contributed by atoms with Gasteiger partial charge in [-0.15, -0.1) is 0 Å². The van der Waals surface area contributed by atoms with E-state index in [1.54, 1.807) is 4.90 Å². The molecule has 1 aliphatic heterocycles. The van der Waals surface area contributed by atoms with Crippen LogP contribution < -0.4 is 50.6 Å². The predicted octanol–water partition coefficient (Wildman–Crippen LogP) is 1.63. The van der Waals surface area contributed by atoms with E-state index in [1.807, 2.05) is 7.05 Å². The predicted molar refractivity (Wildman–Crippen MR) is 208 cm³/mol. The number of carboxylic acids is 1. The third kappa shape index (κ3) is 27.3. The molecule has 3 N–H and O–H groups in total. The van der Waals surface area contributed by atoms with Crippen molar-refractivity contribution in [3.8, 4) is 0 Å². The van der Waals surface area contributed by atoms with E-state index in [0.29, 0.717) is 84.3 Å². The number of hydrogen-bond acceptors (Lipinski definition) is 9. The number of carbonyl (C=O) groups is 4. The number of ether oxygens (including phenoxy) is 3. The van der Waals surface area contributed by atoms with Gasteiger partial charge in [-0.25, -0.2) is 0 Å². The summed E-state index contributed by atoms with van der Waals surface area (Å²) in [5, 5.41) is 19.8. The van der Waals surface area contributed by atoms with Crippen molar-refractivity contribution in [2.45, 2.75) is 149 Å². The molecule has 0 bridgehead atoms. The van der Waals surface area contributed by atoms with Crippen molar-refractivity contribution in [1.29, 1.82) is 0 Å². The number of carboxylic acid groups (broad SMARTS) is 1. The Kier molecular flexibility index (Phi) is 33.0. The first-order valence-corrected chi connectivity index (χ1v) is 20.9. The minimum atomic E-state index is -1.30. The molecule has 1 saturated heterocycles. The van der Waals surface area contributed by atoms with E-state index >= 15 is 0 Å². The van der Waals surface area contributed by atoms with E-state index in [1.165, 1.54) is 44.9 Å². The largest absolute Gasteiger partial charge is 1.00 e. The fraction of sp³-hybridized carbons (Fsp3) is 0.902. The third-order valence-corrected chi connectivity index (χ3v) is 10.2. The molecule has 3 amide bonds. The zero-order valence-electron chi connectivity index (χ0n) is 35.4. The van der Waals surface area contributed by atoms with E-state index in [4.69, 9.17) is 14.2 Å². The topological polar surface area (TPSA) is 158 Å². The number of carbonyl (C=O) groups excluding carboxylic acids is 4. The van der Waals surface area contributed by atoms with Crippen molar-refractivity contribution < 1.29 is 68.1 Å². The number of nitrogens with one attached hydrogen (secondary N) is 3. The second-order valence-corrected chi connectivity index (χ2v) is 15.9. The SMILES string of the molecule is CNCCCOCCOCCOCCCNC(=O)C(CCC(=O)[O-])NC(=O)C1CCCN1C(=O)CC(C)CCCC(C)CCCC(C)CCCC(C)C.[Na+]. The summed E-state index contributed by atoms with van der Waals surface area (Å²) in [6, 6.07) is -1.71. The summed E-state index contributed by atoms with van der Waals surface area (Å²) in [6.45, 7) is 16.2. The molecular formula is C41H77N4NaO8. The van der Waals surface area contributed by atoms with Crippen molar-refractivity contribution in [2.24, 2.45) is 23.7 Å². The Morgan fingerprint density at radius 3 is 1.76 bits per heavy atom. The summed E-state index contributed by atoms with van der Waals surface area (Å²) in [4.78, 5) is 52.5. The Hall–Kier alpha value is -1.28. The van der Waals surface area contributed by atoms with Crippen LogP contribution in [0.4, 0.5) is 0 Å². The maximum absolute atomic E-state index is 13.4. The normalized spacial score (nSPS) is 16.4. The van der Waals surface area contributed by atoms with Crippen LogP contribution in [0.3, 0.4) is 0 Å². The van der Waals surface area contributed by atoms with Gasteiger partial charge in [0, 0.05) is 38.7 Å². The Morgan fingerprint density at radius 1 is 0.704 bits per heavy atom. The van der Waals surface area contributed by atoms with E-state index in [-0.39, 0.29) is 54.2 Å². The molecule has 0 spiro atoms. The fourth-order valence-corrected chi connectivity index (χ4v) is 6.85. The van der Waals surface area contributed by atoms with Gasteiger partial charge in [-0.2, -0.15) is 0 Å². The van der Waals surface area contributed by atoms with Crippen molar-refractivity contribution in [1.82, 2.24) is 20.9 Å². The van der Waals surface area contributed by atoms with E-state index < -0.39 is 29.9 Å². The van der Waals surface area contributed by atoms with Gasteiger partial charge in [0.2, 0.25) is 17.7 Å². The summed E-state index contributed by atoms with van der Waals surface area (Å²) in [5.41, 5.74) is 0. The quantitative estimate of drug-likeness (QED) is 0.0653. The van der Waals surface area contributed by atoms with E-state index in [0.717, 1.165) is 37.6 Å². The monoisotopic (exact) mass is 777 g/mol. The zero-order chi connectivity index (χ0) is 39.3. The summed E-state index contributed by atoms with van der Waals surface area (Å²) in [6.07, 6.45) is 13.7. The van der Waals surface area contributed by atoms with Crippen LogP contribution in [0, 0.1) is 23.7 Å². The summed E-state index contributed by atoms with van der Waals surface area (Å²) >= 11 is 0. The van der Waals surface area contributed by atoms with Gasteiger partial charge in [0.25, 0.3) is 0 Å². The first kappa shape index (κ1) is 52.7. The molecule has 0 aliphatic carbocycles. The Bertz CT molecular complexity index is 991. The molecule has 54 heavy (non-hydrogen) atoms. The Balaban J connectivity index is 0.0000281. The molecule has 1 rings (SSSR count). The number of hydrogen-bond donors (Lipinski definition) is 3. The molecule has 310 valence electrons. The zero-order valence-corrected chi connectivity index (χ0v) is 37.4. The van der Waals surface area contributed by atoms with Crippen LogP contribution in [-0.4, -0.2) is 107 Å². The van der Waals surface area contributed by atoms with Crippen molar-refractivity contribution >= 4 is 23.7 Å². The van der Waals surface area contributed by atoms with Crippen LogP contribution in [-0.2, 0) is 33.4 Å². The minimum Gasteiger partial charge on any atom is -0.550 e. The molecule has 0 aromatic rings. The molecule has 5 atom stereocenters. The van der Waals surface area contributed by atoms with Gasteiger partial charge in [-0.1, -0.05) is 92.4 Å². The van der Waals surface area contributed by atoms with Gasteiger partial charge < -0.3 is 45.0 Å². The minimum absolute atomic E-state index is 0. The molecule has 0 saturated carbocycles. The van der Waals surface area contributed by atoms with E-state index in [9.17, 15) is 24.3 Å². The molecule has 1 fully saturated rings. The van der Waals surface area contributed by atoms with Gasteiger partial charge >= 0.3 is 29.6 Å². The second-order valence-electron chi connectivity index (χ2n) is 15.9. The fourth-order valence-electron chi connectivity index (χ4n) is 6.85.